The fourth-order valence-electron chi connectivity index (χ4n) is 2.76. The maximum atomic E-state index is 6.42. The Hall–Kier alpha value is -0.0800. The van der Waals surface area contributed by atoms with E-state index in [2.05, 4.69) is 39.6 Å². The second kappa shape index (κ2) is 5.50. The molecule has 0 aromatic heterocycles. The Balaban J connectivity index is 2.51. The Morgan fingerprint density at radius 1 is 1.38 bits per heavy atom. The van der Waals surface area contributed by atoms with Crippen LogP contribution in [0.4, 0.5) is 0 Å². The van der Waals surface area contributed by atoms with Crippen molar-refractivity contribution in [1.82, 2.24) is 4.90 Å². The minimum absolute atomic E-state index is 0.314. The molecule has 0 aromatic rings. The molecule has 1 aliphatic carbocycles. The zero-order chi connectivity index (χ0) is 12.3. The van der Waals surface area contributed by atoms with E-state index in [0.717, 1.165) is 5.92 Å². The molecule has 0 bridgehead atoms. The van der Waals surface area contributed by atoms with Crippen LogP contribution < -0.4 is 5.73 Å². The van der Waals surface area contributed by atoms with Gasteiger partial charge in [-0.05, 0) is 44.2 Å². The first kappa shape index (κ1) is 14.0. The van der Waals surface area contributed by atoms with E-state index in [1.165, 1.54) is 32.2 Å². The molecule has 2 heteroatoms. The summed E-state index contributed by atoms with van der Waals surface area (Å²) in [6.07, 6.45) is 5.17. The lowest BCUT2D eigenvalue weighted by Gasteiger charge is -2.45. The first-order valence-electron chi connectivity index (χ1n) is 6.80. The quantitative estimate of drug-likeness (QED) is 0.798. The molecule has 1 aliphatic rings. The number of nitrogens with zero attached hydrogens (tertiary/aromatic N) is 1. The highest BCUT2D eigenvalue weighted by Crippen LogP contribution is 2.36. The van der Waals surface area contributed by atoms with Gasteiger partial charge in [0.2, 0.25) is 0 Å². The zero-order valence-electron chi connectivity index (χ0n) is 11.8. The molecule has 0 heterocycles. The Labute approximate surface area is 102 Å². The molecule has 1 rings (SSSR count). The molecule has 2 unspecified atom stereocenters. The largest absolute Gasteiger partial charge is 0.326 e. The number of likely N-dealkylation sites (N-methyl/N-ethyl adjacent to an activating group) is 1. The Morgan fingerprint density at radius 2 is 2.00 bits per heavy atom. The first-order valence-corrected chi connectivity index (χ1v) is 6.80. The summed E-state index contributed by atoms with van der Waals surface area (Å²) in [6.45, 7) is 10.4. The van der Waals surface area contributed by atoms with Gasteiger partial charge in [-0.2, -0.15) is 0 Å². The Kier molecular flexibility index (Phi) is 4.81. The summed E-state index contributed by atoms with van der Waals surface area (Å²) in [5.41, 5.74) is 6.74. The molecule has 0 aliphatic heterocycles. The molecule has 0 radical (unpaired) electrons. The van der Waals surface area contributed by atoms with Crippen molar-refractivity contribution in [3.05, 3.63) is 0 Å². The average molecular weight is 226 g/mol. The lowest BCUT2D eigenvalue weighted by atomic mass is 9.71. The van der Waals surface area contributed by atoms with E-state index >= 15 is 0 Å². The highest BCUT2D eigenvalue weighted by molar-refractivity contribution is 4.95. The van der Waals surface area contributed by atoms with Gasteiger partial charge in [0, 0.05) is 12.1 Å². The van der Waals surface area contributed by atoms with Crippen molar-refractivity contribution in [2.75, 3.05) is 13.6 Å². The number of hydrogen-bond acceptors (Lipinski definition) is 2. The van der Waals surface area contributed by atoms with Gasteiger partial charge in [0.1, 0.15) is 0 Å². The summed E-state index contributed by atoms with van der Waals surface area (Å²) in [5, 5.41) is 0. The summed E-state index contributed by atoms with van der Waals surface area (Å²) >= 11 is 0. The molecule has 0 spiro atoms. The van der Waals surface area contributed by atoms with Crippen LogP contribution in [0.15, 0.2) is 0 Å². The molecule has 0 amide bonds. The third-order valence-corrected chi connectivity index (χ3v) is 4.26. The fraction of sp³-hybridized carbons (Fsp3) is 1.00. The van der Waals surface area contributed by atoms with E-state index in [4.69, 9.17) is 5.73 Å². The van der Waals surface area contributed by atoms with Crippen LogP contribution in [0.5, 0.6) is 0 Å². The number of rotatable bonds is 4. The predicted molar refractivity (Wildman–Crippen MR) is 71.5 cm³/mol. The molecule has 1 saturated carbocycles. The standard InChI is InChI=1S/C14H30N2/c1-11(2)8-10-16(5)12-7-6-9-14(3,4)13(12)15/h11-13H,6-10,15H2,1-5H3. The summed E-state index contributed by atoms with van der Waals surface area (Å²) in [6, 6.07) is 0.918. The SMILES string of the molecule is CC(C)CCN(C)C1CCCC(C)(C)C1N. The summed E-state index contributed by atoms with van der Waals surface area (Å²) in [4.78, 5) is 2.49. The predicted octanol–water partition coefficient (Wildman–Crippen LogP) is 2.87. The lowest BCUT2D eigenvalue weighted by Crippen LogP contribution is -2.56. The molecule has 2 N–H and O–H groups in total. The van der Waals surface area contributed by atoms with Crippen molar-refractivity contribution in [2.24, 2.45) is 17.1 Å². The van der Waals surface area contributed by atoms with E-state index < -0.39 is 0 Å². The minimum Gasteiger partial charge on any atom is -0.326 e. The van der Waals surface area contributed by atoms with Gasteiger partial charge < -0.3 is 10.6 Å². The highest BCUT2D eigenvalue weighted by atomic mass is 15.1. The lowest BCUT2D eigenvalue weighted by molar-refractivity contribution is 0.0820. The summed E-state index contributed by atoms with van der Waals surface area (Å²) < 4.78 is 0. The molecule has 1 fully saturated rings. The van der Waals surface area contributed by atoms with Crippen LogP contribution in [0, 0.1) is 11.3 Å². The van der Waals surface area contributed by atoms with Gasteiger partial charge in [-0.3, -0.25) is 0 Å². The second-order valence-electron chi connectivity index (χ2n) is 6.64. The van der Waals surface area contributed by atoms with Crippen LogP contribution in [-0.4, -0.2) is 30.6 Å². The highest BCUT2D eigenvalue weighted by Gasteiger charge is 2.37. The van der Waals surface area contributed by atoms with Gasteiger partial charge in [-0.1, -0.05) is 34.1 Å². The maximum Gasteiger partial charge on any atom is 0.0249 e. The van der Waals surface area contributed by atoms with Gasteiger partial charge in [-0.25, -0.2) is 0 Å². The van der Waals surface area contributed by atoms with Gasteiger partial charge in [0.25, 0.3) is 0 Å². The smallest absolute Gasteiger partial charge is 0.0249 e. The topological polar surface area (TPSA) is 29.3 Å². The monoisotopic (exact) mass is 226 g/mol. The van der Waals surface area contributed by atoms with Crippen molar-refractivity contribution in [3.8, 4) is 0 Å². The van der Waals surface area contributed by atoms with E-state index in [1.54, 1.807) is 0 Å². The zero-order valence-corrected chi connectivity index (χ0v) is 11.8. The van der Waals surface area contributed by atoms with Crippen LogP contribution in [0.25, 0.3) is 0 Å². The van der Waals surface area contributed by atoms with Crippen LogP contribution in [0.3, 0.4) is 0 Å². The molecule has 96 valence electrons. The van der Waals surface area contributed by atoms with Gasteiger partial charge in [-0.15, -0.1) is 0 Å². The van der Waals surface area contributed by atoms with Gasteiger partial charge in [0.05, 0.1) is 0 Å². The maximum absolute atomic E-state index is 6.42. The average Bonchev–Trinajstić information content (AvgIpc) is 2.18. The minimum atomic E-state index is 0.314. The summed E-state index contributed by atoms with van der Waals surface area (Å²) in [5.74, 6) is 0.787. The van der Waals surface area contributed by atoms with E-state index in [-0.39, 0.29) is 0 Å². The fourth-order valence-corrected chi connectivity index (χ4v) is 2.76. The second-order valence-corrected chi connectivity index (χ2v) is 6.64. The summed E-state index contributed by atoms with van der Waals surface area (Å²) in [7, 11) is 2.24. The van der Waals surface area contributed by atoms with Crippen molar-refractivity contribution >= 4 is 0 Å². The third kappa shape index (κ3) is 3.46. The van der Waals surface area contributed by atoms with E-state index in [9.17, 15) is 0 Å². The number of hydrogen-bond donors (Lipinski definition) is 1. The Morgan fingerprint density at radius 3 is 2.56 bits per heavy atom. The van der Waals surface area contributed by atoms with E-state index in [0.29, 0.717) is 17.5 Å². The molecular weight excluding hydrogens is 196 g/mol. The normalized spacial score (nSPS) is 30.0. The first-order chi connectivity index (χ1) is 7.34. The van der Waals surface area contributed by atoms with Crippen LogP contribution in [-0.2, 0) is 0 Å². The van der Waals surface area contributed by atoms with Crippen molar-refractivity contribution in [3.63, 3.8) is 0 Å². The van der Waals surface area contributed by atoms with Crippen LogP contribution in [0.2, 0.25) is 0 Å². The molecule has 0 aromatic carbocycles. The van der Waals surface area contributed by atoms with Crippen LogP contribution in [0.1, 0.15) is 53.4 Å². The molecule has 2 atom stereocenters. The van der Waals surface area contributed by atoms with Gasteiger partial charge in [0.15, 0.2) is 0 Å². The van der Waals surface area contributed by atoms with Gasteiger partial charge >= 0.3 is 0 Å². The molecule has 2 nitrogen and oxygen atoms in total. The molecule has 0 saturated heterocycles. The molecule has 16 heavy (non-hydrogen) atoms. The number of nitrogens with two attached hydrogens (primary N) is 1. The third-order valence-electron chi connectivity index (χ3n) is 4.26. The van der Waals surface area contributed by atoms with E-state index in [1.807, 2.05) is 0 Å². The van der Waals surface area contributed by atoms with Crippen molar-refractivity contribution in [1.29, 1.82) is 0 Å². The van der Waals surface area contributed by atoms with Crippen molar-refractivity contribution < 1.29 is 0 Å². The van der Waals surface area contributed by atoms with Crippen molar-refractivity contribution in [2.45, 2.75) is 65.5 Å². The van der Waals surface area contributed by atoms with Crippen LogP contribution >= 0.6 is 0 Å². The Bertz CT molecular complexity index is 211. The molecular formula is C14H30N2.